The van der Waals surface area contributed by atoms with E-state index in [0.717, 1.165) is 51.4 Å². The molecule has 1 saturated heterocycles. The molecule has 20 heavy (non-hydrogen) atoms. The number of amides is 1. The van der Waals surface area contributed by atoms with Crippen LogP contribution in [0.1, 0.15) is 29.5 Å². The molecule has 2 heterocycles. The first-order chi connectivity index (χ1) is 9.65. The normalized spacial score (nSPS) is 17.0. The van der Waals surface area contributed by atoms with Crippen molar-refractivity contribution in [1.82, 2.24) is 19.6 Å². The lowest BCUT2D eigenvalue weighted by Crippen LogP contribution is -2.36. The molecule has 1 amide bonds. The first-order valence-electron chi connectivity index (χ1n) is 7.32. The average Bonchev–Trinajstić information content (AvgIpc) is 2.66. The molecule has 1 aliphatic heterocycles. The van der Waals surface area contributed by atoms with E-state index in [1.54, 1.807) is 4.68 Å². The van der Waals surface area contributed by atoms with Gasteiger partial charge in [0, 0.05) is 39.3 Å². The Hall–Kier alpha value is -1.62. The summed E-state index contributed by atoms with van der Waals surface area (Å²) >= 11 is 0. The highest BCUT2D eigenvalue weighted by Crippen LogP contribution is 2.11. The Morgan fingerprint density at radius 3 is 2.90 bits per heavy atom. The van der Waals surface area contributed by atoms with E-state index in [1.165, 1.54) is 0 Å². The largest absolute Gasteiger partial charge is 0.336 e. The van der Waals surface area contributed by atoms with Crippen molar-refractivity contribution >= 4 is 5.91 Å². The fourth-order valence-corrected chi connectivity index (χ4v) is 2.66. The SMILES string of the molecule is C=CCN1CCCN(C(=O)c2cc(C)nn2CC)CC1. The minimum atomic E-state index is 0.105. The van der Waals surface area contributed by atoms with Crippen LogP contribution in [0.25, 0.3) is 0 Å². The Labute approximate surface area is 120 Å². The van der Waals surface area contributed by atoms with Gasteiger partial charge in [0.25, 0.3) is 5.91 Å². The highest BCUT2D eigenvalue weighted by molar-refractivity contribution is 5.92. The zero-order chi connectivity index (χ0) is 14.5. The van der Waals surface area contributed by atoms with Crippen LogP contribution >= 0.6 is 0 Å². The third-order valence-electron chi connectivity index (χ3n) is 3.68. The van der Waals surface area contributed by atoms with Gasteiger partial charge < -0.3 is 4.90 Å². The van der Waals surface area contributed by atoms with Gasteiger partial charge in [0.05, 0.1) is 5.69 Å². The van der Waals surface area contributed by atoms with Crippen molar-refractivity contribution in [2.45, 2.75) is 26.8 Å². The van der Waals surface area contributed by atoms with Gasteiger partial charge in [-0.15, -0.1) is 6.58 Å². The number of rotatable bonds is 4. The van der Waals surface area contributed by atoms with Crippen LogP contribution in [0.3, 0.4) is 0 Å². The number of hydrogen-bond donors (Lipinski definition) is 0. The van der Waals surface area contributed by atoms with E-state index in [9.17, 15) is 4.79 Å². The summed E-state index contributed by atoms with van der Waals surface area (Å²) in [4.78, 5) is 16.9. The van der Waals surface area contributed by atoms with Crippen molar-refractivity contribution in [1.29, 1.82) is 0 Å². The van der Waals surface area contributed by atoms with Crippen LogP contribution in [0.2, 0.25) is 0 Å². The summed E-state index contributed by atoms with van der Waals surface area (Å²) in [5.41, 5.74) is 1.61. The van der Waals surface area contributed by atoms with Crippen LogP contribution in [0.15, 0.2) is 18.7 Å². The number of aryl methyl sites for hydroxylation is 2. The van der Waals surface area contributed by atoms with Crippen LogP contribution < -0.4 is 0 Å². The maximum Gasteiger partial charge on any atom is 0.272 e. The molecule has 0 saturated carbocycles. The van der Waals surface area contributed by atoms with Crippen LogP contribution in [0.5, 0.6) is 0 Å². The van der Waals surface area contributed by atoms with Crippen LogP contribution in [-0.4, -0.2) is 58.2 Å². The summed E-state index contributed by atoms with van der Waals surface area (Å²) in [5, 5.41) is 4.36. The Kier molecular flexibility index (Phi) is 4.95. The number of aromatic nitrogens is 2. The van der Waals surface area contributed by atoms with Crippen LogP contribution in [-0.2, 0) is 6.54 Å². The lowest BCUT2D eigenvalue weighted by Gasteiger charge is -2.21. The van der Waals surface area contributed by atoms with Crippen LogP contribution in [0.4, 0.5) is 0 Å². The lowest BCUT2D eigenvalue weighted by atomic mass is 10.3. The molecule has 0 aliphatic carbocycles. The van der Waals surface area contributed by atoms with E-state index < -0.39 is 0 Å². The summed E-state index contributed by atoms with van der Waals surface area (Å²) in [5.74, 6) is 0.105. The molecule has 110 valence electrons. The fraction of sp³-hybridized carbons (Fsp3) is 0.600. The van der Waals surface area contributed by atoms with Gasteiger partial charge in [-0.05, 0) is 26.3 Å². The molecule has 0 aromatic carbocycles. The van der Waals surface area contributed by atoms with E-state index in [4.69, 9.17) is 0 Å². The fourth-order valence-electron chi connectivity index (χ4n) is 2.66. The quantitative estimate of drug-likeness (QED) is 0.783. The summed E-state index contributed by atoms with van der Waals surface area (Å²) in [6, 6.07) is 1.89. The molecule has 0 spiro atoms. The molecular weight excluding hydrogens is 252 g/mol. The lowest BCUT2D eigenvalue weighted by molar-refractivity contribution is 0.0749. The molecule has 1 aromatic heterocycles. The van der Waals surface area contributed by atoms with Gasteiger partial charge in [-0.1, -0.05) is 6.08 Å². The maximum atomic E-state index is 12.6. The maximum absolute atomic E-state index is 12.6. The third kappa shape index (κ3) is 3.28. The molecule has 5 nitrogen and oxygen atoms in total. The third-order valence-corrected chi connectivity index (χ3v) is 3.68. The van der Waals surface area contributed by atoms with Crippen molar-refractivity contribution in [2.75, 3.05) is 32.7 Å². The summed E-state index contributed by atoms with van der Waals surface area (Å²) in [7, 11) is 0. The molecule has 0 atom stereocenters. The molecule has 5 heteroatoms. The first kappa shape index (κ1) is 14.8. The van der Waals surface area contributed by atoms with E-state index in [2.05, 4.69) is 16.6 Å². The second-order valence-electron chi connectivity index (χ2n) is 5.22. The molecule has 1 fully saturated rings. The van der Waals surface area contributed by atoms with Gasteiger partial charge in [-0.3, -0.25) is 14.4 Å². The van der Waals surface area contributed by atoms with Gasteiger partial charge in [0.1, 0.15) is 5.69 Å². The van der Waals surface area contributed by atoms with E-state index in [-0.39, 0.29) is 5.91 Å². The van der Waals surface area contributed by atoms with Gasteiger partial charge in [0.2, 0.25) is 0 Å². The van der Waals surface area contributed by atoms with E-state index in [0.29, 0.717) is 5.69 Å². The Bertz CT molecular complexity index is 480. The molecular formula is C15H24N4O. The molecule has 0 radical (unpaired) electrons. The average molecular weight is 276 g/mol. The molecule has 0 unspecified atom stereocenters. The Morgan fingerprint density at radius 2 is 2.20 bits per heavy atom. The van der Waals surface area contributed by atoms with Crippen molar-refractivity contribution in [3.63, 3.8) is 0 Å². The zero-order valence-electron chi connectivity index (χ0n) is 12.5. The predicted molar refractivity (Wildman–Crippen MR) is 79.8 cm³/mol. The van der Waals surface area contributed by atoms with Crippen molar-refractivity contribution in [3.05, 3.63) is 30.1 Å². The second-order valence-corrected chi connectivity index (χ2v) is 5.22. The number of carbonyl (C=O) groups excluding carboxylic acids is 1. The van der Waals surface area contributed by atoms with Crippen LogP contribution in [0, 0.1) is 6.92 Å². The first-order valence-corrected chi connectivity index (χ1v) is 7.32. The molecule has 0 N–H and O–H groups in total. The Morgan fingerprint density at radius 1 is 1.40 bits per heavy atom. The standard InChI is InChI=1S/C15H24N4O/c1-4-7-17-8-6-9-18(11-10-17)15(20)14-12-13(3)16-19(14)5-2/h4,12H,1,5-11H2,2-3H3. The molecule has 2 rings (SSSR count). The molecule has 1 aliphatic rings. The van der Waals surface area contributed by atoms with Gasteiger partial charge in [-0.25, -0.2) is 0 Å². The number of hydrogen-bond acceptors (Lipinski definition) is 3. The zero-order valence-corrected chi connectivity index (χ0v) is 12.5. The minimum absolute atomic E-state index is 0.105. The topological polar surface area (TPSA) is 41.4 Å². The van der Waals surface area contributed by atoms with Crippen molar-refractivity contribution < 1.29 is 4.79 Å². The van der Waals surface area contributed by atoms with E-state index in [1.807, 2.05) is 30.9 Å². The second kappa shape index (κ2) is 6.70. The van der Waals surface area contributed by atoms with Crippen molar-refractivity contribution in [3.8, 4) is 0 Å². The van der Waals surface area contributed by atoms with Crippen molar-refractivity contribution in [2.24, 2.45) is 0 Å². The summed E-state index contributed by atoms with van der Waals surface area (Å²) < 4.78 is 1.80. The smallest absolute Gasteiger partial charge is 0.272 e. The highest BCUT2D eigenvalue weighted by atomic mass is 16.2. The Balaban J connectivity index is 2.07. The number of carbonyl (C=O) groups is 1. The summed E-state index contributed by atoms with van der Waals surface area (Å²) in [6.45, 7) is 12.9. The van der Waals surface area contributed by atoms with Gasteiger partial charge >= 0.3 is 0 Å². The predicted octanol–water partition coefficient (Wildman–Crippen LogP) is 1.55. The van der Waals surface area contributed by atoms with Gasteiger partial charge in [0.15, 0.2) is 0 Å². The van der Waals surface area contributed by atoms with E-state index >= 15 is 0 Å². The summed E-state index contributed by atoms with van der Waals surface area (Å²) in [6.07, 6.45) is 2.94. The number of nitrogens with zero attached hydrogens (tertiary/aromatic N) is 4. The minimum Gasteiger partial charge on any atom is -0.336 e. The molecule has 1 aromatic rings. The monoisotopic (exact) mass is 276 g/mol. The highest BCUT2D eigenvalue weighted by Gasteiger charge is 2.22. The molecule has 0 bridgehead atoms. The van der Waals surface area contributed by atoms with Gasteiger partial charge in [-0.2, -0.15) is 5.10 Å².